The van der Waals surface area contributed by atoms with Gasteiger partial charge in [0.25, 0.3) is 0 Å². The lowest BCUT2D eigenvalue weighted by molar-refractivity contribution is -0.133. The third kappa shape index (κ3) is 3.79. The number of rotatable bonds is 4. The number of carbonyl (C=O) groups excluding carboxylic acids is 1. The molecule has 2 rings (SSSR count). The fourth-order valence-corrected chi connectivity index (χ4v) is 3.40. The number of amides is 1. The molecule has 2 unspecified atom stereocenters. The third-order valence-corrected chi connectivity index (χ3v) is 5.08. The van der Waals surface area contributed by atoms with Crippen LogP contribution in [0.2, 0.25) is 0 Å². The minimum Gasteiger partial charge on any atom is -0.393 e. The maximum atomic E-state index is 12.3. The van der Waals surface area contributed by atoms with E-state index in [9.17, 15) is 9.90 Å². The van der Waals surface area contributed by atoms with E-state index in [-0.39, 0.29) is 17.9 Å². The quantitative estimate of drug-likeness (QED) is 0.928. The monoisotopic (exact) mass is 296 g/mol. The summed E-state index contributed by atoms with van der Waals surface area (Å²) < 4.78 is 0. The molecule has 0 saturated carbocycles. The van der Waals surface area contributed by atoms with E-state index in [0.717, 1.165) is 30.1 Å². The van der Waals surface area contributed by atoms with Crippen LogP contribution in [-0.2, 0) is 11.2 Å². The molecule has 1 aromatic heterocycles. The molecule has 5 heteroatoms. The molecular weight excluding hydrogens is 272 g/mol. The van der Waals surface area contributed by atoms with Crippen molar-refractivity contribution in [3.8, 4) is 0 Å². The van der Waals surface area contributed by atoms with Gasteiger partial charge < -0.3 is 10.0 Å². The van der Waals surface area contributed by atoms with Gasteiger partial charge in [0.2, 0.25) is 5.91 Å². The molecule has 1 aliphatic heterocycles. The second kappa shape index (κ2) is 6.68. The summed E-state index contributed by atoms with van der Waals surface area (Å²) in [5.74, 6) is 0.767. The van der Waals surface area contributed by atoms with Crippen molar-refractivity contribution in [1.82, 2.24) is 9.88 Å². The highest BCUT2D eigenvalue weighted by Gasteiger charge is 2.26. The number of aliphatic hydroxyl groups is 1. The number of piperidine rings is 1. The van der Waals surface area contributed by atoms with E-state index in [4.69, 9.17) is 0 Å². The fourth-order valence-electron chi connectivity index (χ4n) is 2.57. The van der Waals surface area contributed by atoms with Crippen molar-refractivity contribution in [3.05, 3.63) is 16.1 Å². The molecule has 112 valence electrons. The molecule has 0 bridgehead atoms. The number of hydrogen-bond acceptors (Lipinski definition) is 4. The Bertz CT molecular complexity index is 456. The van der Waals surface area contributed by atoms with Gasteiger partial charge in [-0.25, -0.2) is 4.98 Å². The molecule has 1 saturated heterocycles. The van der Waals surface area contributed by atoms with E-state index in [1.807, 2.05) is 17.2 Å². The summed E-state index contributed by atoms with van der Waals surface area (Å²) in [6.07, 6.45) is 2.04. The SMILES string of the molecule is CC(C)c1nc(CC(=O)N2CCCC(C(C)O)C2)cs1. The second-order valence-electron chi connectivity index (χ2n) is 5.99. The van der Waals surface area contributed by atoms with E-state index >= 15 is 0 Å². The van der Waals surface area contributed by atoms with Crippen molar-refractivity contribution >= 4 is 17.2 Å². The number of carbonyl (C=O) groups is 1. The summed E-state index contributed by atoms with van der Waals surface area (Å²) in [5, 5.41) is 12.8. The van der Waals surface area contributed by atoms with Gasteiger partial charge in [0.05, 0.1) is 23.2 Å². The molecule has 2 heterocycles. The van der Waals surface area contributed by atoms with Crippen LogP contribution < -0.4 is 0 Å². The van der Waals surface area contributed by atoms with E-state index < -0.39 is 0 Å². The van der Waals surface area contributed by atoms with E-state index in [1.165, 1.54) is 0 Å². The minimum atomic E-state index is -0.336. The highest BCUT2D eigenvalue weighted by atomic mass is 32.1. The highest BCUT2D eigenvalue weighted by molar-refractivity contribution is 7.09. The molecule has 1 aromatic rings. The molecule has 1 N–H and O–H groups in total. The molecule has 4 nitrogen and oxygen atoms in total. The molecule has 20 heavy (non-hydrogen) atoms. The Kier molecular flexibility index (Phi) is 5.16. The summed E-state index contributed by atoms with van der Waals surface area (Å²) in [6, 6.07) is 0. The van der Waals surface area contributed by atoms with Gasteiger partial charge >= 0.3 is 0 Å². The van der Waals surface area contributed by atoms with Crippen molar-refractivity contribution in [2.24, 2.45) is 5.92 Å². The molecule has 0 aromatic carbocycles. The number of thiazole rings is 1. The van der Waals surface area contributed by atoms with E-state index in [2.05, 4.69) is 18.8 Å². The molecule has 2 atom stereocenters. The summed E-state index contributed by atoms with van der Waals surface area (Å²) in [6.45, 7) is 7.53. The topological polar surface area (TPSA) is 53.4 Å². The molecule has 0 aliphatic carbocycles. The van der Waals surface area contributed by atoms with Crippen LogP contribution in [0, 0.1) is 5.92 Å². The standard InChI is InChI=1S/C15H24N2O2S/c1-10(2)15-16-13(9-20-15)7-14(19)17-6-4-5-12(8-17)11(3)18/h9-12,18H,4-8H2,1-3H3. The number of aromatic nitrogens is 1. The molecular formula is C15H24N2O2S. The lowest BCUT2D eigenvalue weighted by Gasteiger charge is -2.34. The molecule has 1 amide bonds. The highest BCUT2D eigenvalue weighted by Crippen LogP contribution is 2.22. The van der Waals surface area contributed by atoms with Crippen molar-refractivity contribution in [1.29, 1.82) is 0 Å². The average molecular weight is 296 g/mol. The summed E-state index contributed by atoms with van der Waals surface area (Å²) >= 11 is 1.63. The Morgan fingerprint density at radius 1 is 1.55 bits per heavy atom. The molecule has 1 fully saturated rings. The smallest absolute Gasteiger partial charge is 0.228 e. The van der Waals surface area contributed by atoms with Crippen molar-refractivity contribution < 1.29 is 9.90 Å². The van der Waals surface area contributed by atoms with Crippen LogP contribution in [0.25, 0.3) is 0 Å². The van der Waals surface area contributed by atoms with Gasteiger partial charge in [-0.3, -0.25) is 4.79 Å². The first kappa shape index (κ1) is 15.4. The molecule has 1 aliphatic rings. The van der Waals surface area contributed by atoms with Gasteiger partial charge in [0, 0.05) is 30.3 Å². The lowest BCUT2D eigenvalue weighted by Crippen LogP contribution is -2.43. The van der Waals surface area contributed by atoms with Crippen LogP contribution in [0.3, 0.4) is 0 Å². The summed E-state index contributed by atoms with van der Waals surface area (Å²) in [7, 11) is 0. The zero-order valence-corrected chi connectivity index (χ0v) is 13.3. The first-order valence-corrected chi connectivity index (χ1v) is 8.25. The van der Waals surface area contributed by atoms with Crippen LogP contribution in [0.1, 0.15) is 50.2 Å². The number of likely N-dealkylation sites (tertiary alicyclic amines) is 1. The van der Waals surface area contributed by atoms with Crippen LogP contribution >= 0.6 is 11.3 Å². The van der Waals surface area contributed by atoms with Gasteiger partial charge in [-0.05, 0) is 19.8 Å². The minimum absolute atomic E-state index is 0.135. The zero-order chi connectivity index (χ0) is 14.7. The molecule has 0 spiro atoms. The lowest BCUT2D eigenvalue weighted by atomic mass is 9.93. The fraction of sp³-hybridized carbons (Fsp3) is 0.733. The Labute approximate surface area is 124 Å². The Morgan fingerprint density at radius 2 is 2.30 bits per heavy atom. The van der Waals surface area contributed by atoms with Crippen molar-refractivity contribution in [2.75, 3.05) is 13.1 Å². The first-order chi connectivity index (χ1) is 9.47. The zero-order valence-electron chi connectivity index (χ0n) is 12.5. The Morgan fingerprint density at radius 3 is 2.90 bits per heavy atom. The summed E-state index contributed by atoms with van der Waals surface area (Å²) in [5.41, 5.74) is 0.878. The van der Waals surface area contributed by atoms with Crippen LogP contribution in [0.5, 0.6) is 0 Å². The number of nitrogens with zero attached hydrogens (tertiary/aromatic N) is 2. The maximum Gasteiger partial charge on any atom is 0.228 e. The normalized spacial score (nSPS) is 21.2. The number of aliphatic hydroxyl groups excluding tert-OH is 1. The van der Waals surface area contributed by atoms with Gasteiger partial charge in [0.15, 0.2) is 0 Å². The largest absolute Gasteiger partial charge is 0.393 e. The first-order valence-electron chi connectivity index (χ1n) is 7.37. The third-order valence-electron chi connectivity index (χ3n) is 3.89. The average Bonchev–Trinajstić information content (AvgIpc) is 2.87. The predicted octanol–water partition coefficient (Wildman–Crippen LogP) is 2.43. The van der Waals surface area contributed by atoms with Gasteiger partial charge in [-0.15, -0.1) is 11.3 Å². The molecule has 0 radical (unpaired) electrons. The number of hydrogen-bond donors (Lipinski definition) is 1. The van der Waals surface area contributed by atoms with Gasteiger partial charge in [0.1, 0.15) is 0 Å². The van der Waals surface area contributed by atoms with Crippen LogP contribution in [0.15, 0.2) is 5.38 Å². The predicted molar refractivity (Wildman–Crippen MR) is 80.9 cm³/mol. The van der Waals surface area contributed by atoms with E-state index in [0.29, 0.717) is 18.9 Å². The van der Waals surface area contributed by atoms with Crippen LogP contribution in [-0.4, -0.2) is 40.1 Å². The van der Waals surface area contributed by atoms with Gasteiger partial charge in [-0.1, -0.05) is 13.8 Å². The summed E-state index contributed by atoms with van der Waals surface area (Å²) in [4.78, 5) is 18.7. The Balaban J connectivity index is 1.93. The Hall–Kier alpha value is -0.940. The van der Waals surface area contributed by atoms with Crippen molar-refractivity contribution in [3.63, 3.8) is 0 Å². The van der Waals surface area contributed by atoms with E-state index in [1.54, 1.807) is 11.3 Å². The van der Waals surface area contributed by atoms with Crippen molar-refractivity contribution in [2.45, 2.75) is 52.1 Å². The maximum absolute atomic E-state index is 12.3. The second-order valence-corrected chi connectivity index (χ2v) is 6.88. The van der Waals surface area contributed by atoms with Crippen LogP contribution in [0.4, 0.5) is 0 Å². The van der Waals surface area contributed by atoms with Gasteiger partial charge in [-0.2, -0.15) is 0 Å².